The van der Waals surface area contributed by atoms with Crippen LogP contribution in [0.15, 0.2) is 12.1 Å². The van der Waals surface area contributed by atoms with Gasteiger partial charge in [-0.05, 0) is 45.6 Å². The molecule has 0 aliphatic carbocycles. The number of likely N-dealkylation sites (N-methyl/N-ethyl adjacent to an activating group) is 2. The number of piperidine rings is 1. The minimum absolute atomic E-state index is 0.430. The smallest absolute Gasteiger partial charge is 0.345 e. The van der Waals surface area contributed by atoms with Gasteiger partial charge in [0.1, 0.15) is 4.88 Å². The van der Waals surface area contributed by atoms with E-state index in [1.807, 2.05) is 6.07 Å². The van der Waals surface area contributed by atoms with Gasteiger partial charge in [-0.25, -0.2) is 4.79 Å². The fourth-order valence-corrected chi connectivity index (χ4v) is 3.36. The van der Waals surface area contributed by atoms with Crippen LogP contribution in [0.2, 0.25) is 0 Å². The van der Waals surface area contributed by atoms with Crippen molar-refractivity contribution in [3.8, 4) is 0 Å². The maximum Gasteiger partial charge on any atom is 0.345 e. The lowest BCUT2D eigenvalue weighted by Crippen LogP contribution is -2.44. The molecule has 1 aliphatic heterocycles. The van der Waals surface area contributed by atoms with Crippen molar-refractivity contribution in [2.24, 2.45) is 0 Å². The van der Waals surface area contributed by atoms with Gasteiger partial charge < -0.3 is 10.0 Å². The van der Waals surface area contributed by atoms with Gasteiger partial charge in [0.15, 0.2) is 0 Å². The van der Waals surface area contributed by atoms with Gasteiger partial charge in [-0.2, -0.15) is 0 Å². The van der Waals surface area contributed by atoms with Crippen LogP contribution in [0.4, 0.5) is 0 Å². The zero-order valence-corrected chi connectivity index (χ0v) is 11.7. The van der Waals surface area contributed by atoms with Crippen LogP contribution in [-0.2, 0) is 6.54 Å². The van der Waals surface area contributed by atoms with E-state index in [1.54, 1.807) is 6.07 Å². The van der Waals surface area contributed by atoms with Gasteiger partial charge in [-0.15, -0.1) is 11.3 Å². The molecule has 2 rings (SSSR count). The van der Waals surface area contributed by atoms with E-state index in [4.69, 9.17) is 5.11 Å². The van der Waals surface area contributed by atoms with Crippen molar-refractivity contribution in [3.05, 3.63) is 21.9 Å². The molecular weight excluding hydrogens is 248 g/mol. The largest absolute Gasteiger partial charge is 0.477 e. The van der Waals surface area contributed by atoms with Crippen LogP contribution in [0.1, 0.15) is 27.4 Å². The minimum atomic E-state index is -0.827. The van der Waals surface area contributed by atoms with E-state index in [-0.39, 0.29) is 0 Å². The summed E-state index contributed by atoms with van der Waals surface area (Å²) in [5.41, 5.74) is 0. The number of carbonyl (C=O) groups is 1. The molecule has 0 saturated carbocycles. The first kappa shape index (κ1) is 13.5. The molecule has 0 amide bonds. The molecule has 1 saturated heterocycles. The summed E-state index contributed by atoms with van der Waals surface area (Å²) in [7, 11) is 4.29. The van der Waals surface area contributed by atoms with Crippen LogP contribution in [0.25, 0.3) is 0 Å². The Hall–Kier alpha value is -0.910. The topological polar surface area (TPSA) is 43.8 Å². The maximum atomic E-state index is 10.8. The van der Waals surface area contributed by atoms with Gasteiger partial charge >= 0.3 is 5.97 Å². The normalized spacial score (nSPS) is 21.4. The molecule has 1 N–H and O–H groups in total. The van der Waals surface area contributed by atoms with Crippen LogP contribution in [0, 0.1) is 0 Å². The van der Waals surface area contributed by atoms with E-state index in [0.717, 1.165) is 18.0 Å². The lowest BCUT2D eigenvalue weighted by atomic mass is 10.1. The minimum Gasteiger partial charge on any atom is -0.477 e. The second-order valence-electron chi connectivity index (χ2n) is 5.04. The second kappa shape index (κ2) is 5.82. The third-order valence-electron chi connectivity index (χ3n) is 3.50. The quantitative estimate of drug-likeness (QED) is 0.907. The predicted octanol–water partition coefficient (Wildman–Crippen LogP) is 1.97. The number of thiophene rings is 1. The Bertz CT molecular complexity index is 419. The first-order chi connectivity index (χ1) is 8.56. The Morgan fingerprint density at radius 2 is 2.39 bits per heavy atom. The number of hydrogen-bond donors (Lipinski definition) is 1. The summed E-state index contributed by atoms with van der Waals surface area (Å²) >= 11 is 1.38. The van der Waals surface area contributed by atoms with Crippen molar-refractivity contribution in [3.63, 3.8) is 0 Å². The summed E-state index contributed by atoms with van der Waals surface area (Å²) in [6.07, 6.45) is 2.48. The predicted molar refractivity (Wildman–Crippen MR) is 73.3 cm³/mol. The molecule has 0 aromatic carbocycles. The Morgan fingerprint density at radius 1 is 1.61 bits per heavy atom. The molecule has 5 heteroatoms. The van der Waals surface area contributed by atoms with Crippen molar-refractivity contribution in [2.45, 2.75) is 25.4 Å². The third kappa shape index (κ3) is 3.31. The number of hydrogen-bond acceptors (Lipinski definition) is 4. The van der Waals surface area contributed by atoms with Gasteiger partial charge in [-0.3, -0.25) is 4.90 Å². The van der Waals surface area contributed by atoms with E-state index in [0.29, 0.717) is 10.9 Å². The summed E-state index contributed by atoms with van der Waals surface area (Å²) in [4.78, 5) is 17.1. The van der Waals surface area contributed by atoms with Gasteiger partial charge in [0.2, 0.25) is 0 Å². The van der Waals surface area contributed by atoms with Crippen molar-refractivity contribution in [1.82, 2.24) is 9.80 Å². The fourth-order valence-electron chi connectivity index (χ4n) is 2.45. The summed E-state index contributed by atoms with van der Waals surface area (Å²) in [5, 5.41) is 8.91. The Balaban J connectivity index is 1.93. The number of rotatable bonds is 4. The molecule has 0 bridgehead atoms. The zero-order valence-electron chi connectivity index (χ0n) is 10.9. The molecule has 18 heavy (non-hydrogen) atoms. The molecule has 0 radical (unpaired) electrons. The highest BCUT2D eigenvalue weighted by Gasteiger charge is 2.21. The van der Waals surface area contributed by atoms with Gasteiger partial charge in [0.05, 0.1) is 0 Å². The van der Waals surface area contributed by atoms with Crippen LogP contribution < -0.4 is 0 Å². The number of likely N-dealkylation sites (tertiary alicyclic amines) is 1. The van der Waals surface area contributed by atoms with Crippen LogP contribution >= 0.6 is 11.3 Å². The van der Waals surface area contributed by atoms with Crippen LogP contribution in [0.3, 0.4) is 0 Å². The molecule has 2 heterocycles. The highest BCUT2D eigenvalue weighted by molar-refractivity contribution is 7.13. The Kier molecular flexibility index (Phi) is 4.37. The number of nitrogens with zero attached hydrogens (tertiary/aromatic N) is 2. The molecule has 4 nitrogen and oxygen atoms in total. The van der Waals surface area contributed by atoms with Crippen LogP contribution in [0.5, 0.6) is 0 Å². The van der Waals surface area contributed by atoms with Gasteiger partial charge in [-0.1, -0.05) is 0 Å². The van der Waals surface area contributed by atoms with Crippen molar-refractivity contribution >= 4 is 17.3 Å². The first-order valence-electron chi connectivity index (χ1n) is 6.27. The van der Waals surface area contributed by atoms with Crippen molar-refractivity contribution < 1.29 is 9.90 Å². The van der Waals surface area contributed by atoms with Crippen molar-refractivity contribution in [2.75, 3.05) is 27.2 Å². The molecule has 1 aliphatic rings. The lowest BCUT2D eigenvalue weighted by molar-refractivity contribution is 0.0702. The second-order valence-corrected chi connectivity index (χ2v) is 6.21. The summed E-state index contributed by atoms with van der Waals surface area (Å²) in [5.74, 6) is -0.827. The number of carboxylic acid groups (broad SMARTS) is 1. The molecule has 1 atom stereocenters. The summed E-state index contributed by atoms with van der Waals surface area (Å²) in [6, 6.07) is 4.21. The summed E-state index contributed by atoms with van der Waals surface area (Å²) < 4.78 is 0. The van der Waals surface area contributed by atoms with Gasteiger partial charge in [0.25, 0.3) is 0 Å². The zero-order chi connectivity index (χ0) is 13.1. The van der Waals surface area contributed by atoms with E-state index >= 15 is 0 Å². The molecule has 1 unspecified atom stereocenters. The number of carboxylic acids is 1. The highest BCUT2D eigenvalue weighted by Crippen LogP contribution is 2.21. The molecule has 1 aromatic rings. The molecule has 0 spiro atoms. The Morgan fingerprint density at radius 3 is 3.00 bits per heavy atom. The van der Waals surface area contributed by atoms with E-state index in [2.05, 4.69) is 23.9 Å². The lowest BCUT2D eigenvalue weighted by Gasteiger charge is -2.35. The average Bonchev–Trinajstić information content (AvgIpc) is 2.77. The molecule has 1 fully saturated rings. The third-order valence-corrected chi connectivity index (χ3v) is 4.56. The maximum absolute atomic E-state index is 10.8. The average molecular weight is 268 g/mol. The SMILES string of the molecule is CN1CCCC(N(C)Cc2ccc(C(=O)O)s2)C1. The summed E-state index contributed by atoms with van der Waals surface area (Å²) in [6.45, 7) is 3.14. The number of aromatic carboxylic acids is 1. The van der Waals surface area contributed by atoms with Crippen molar-refractivity contribution in [1.29, 1.82) is 0 Å². The highest BCUT2D eigenvalue weighted by atomic mass is 32.1. The van der Waals surface area contributed by atoms with E-state index in [1.165, 1.54) is 30.7 Å². The van der Waals surface area contributed by atoms with Crippen LogP contribution in [-0.4, -0.2) is 54.1 Å². The molecule has 100 valence electrons. The van der Waals surface area contributed by atoms with E-state index in [9.17, 15) is 4.79 Å². The Labute approximate surface area is 112 Å². The monoisotopic (exact) mass is 268 g/mol. The standard InChI is InChI=1S/C13H20N2O2S/c1-14-7-3-4-10(8-14)15(2)9-11-5-6-12(18-11)13(16)17/h5-6,10H,3-4,7-9H2,1-2H3,(H,16,17). The van der Waals surface area contributed by atoms with E-state index < -0.39 is 5.97 Å². The first-order valence-corrected chi connectivity index (χ1v) is 7.08. The van der Waals surface area contributed by atoms with Gasteiger partial charge in [0, 0.05) is 24.0 Å². The molecule has 1 aromatic heterocycles. The molecular formula is C13H20N2O2S. The fraction of sp³-hybridized carbons (Fsp3) is 0.615.